The van der Waals surface area contributed by atoms with Gasteiger partial charge in [0.05, 0.1) is 17.1 Å². The largest absolute Gasteiger partial charge is 0.353 e. The number of nitrogens with one attached hydrogen (secondary N) is 1. The minimum Gasteiger partial charge on any atom is -0.353 e. The fourth-order valence-corrected chi connectivity index (χ4v) is 1.92. The third-order valence-electron chi connectivity index (χ3n) is 2.50. The van der Waals surface area contributed by atoms with Gasteiger partial charge in [-0.25, -0.2) is 4.39 Å². The molecule has 2 amide bonds. The Morgan fingerprint density at radius 3 is 2.88 bits per heavy atom. The van der Waals surface area contributed by atoms with Crippen LogP contribution in [0, 0.1) is 5.82 Å². The molecule has 0 saturated carbocycles. The van der Waals surface area contributed by atoms with Crippen LogP contribution in [0.3, 0.4) is 0 Å². The standard InChI is InChI=1S/C11H10ClFN2O2/c12-7-2-1-3-8(13)10(7)11(17)15-5-4-14-9(16)6-15/h1-3H,4-6H2,(H,14,16). The molecule has 6 heteroatoms. The first-order chi connectivity index (χ1) is 8.09. The molecule has 4 nitrogen and oxygen atoms in total. The van der Waals surface area contributed by atoms with Crippen LogP contribution >= 0.6 is 11.6 Å². The van der Waals surface area contributed by atoms with E-state index in [1.54, 1.807) is 0 Å². The van der Waals surface area contributed by atoms with Crippen molar-refractivity contribution in [3.63, 3.8) is 0 Å². The van der Waals surface area contributed by atoms with Crippen LogP contribution in [0.15, 0.2) is 18.2 Å². The molecule has 0 aromatic heterocycles. The lowest BCUT2D eigenvalue weighted by Gasteiger charge is -2.27. The maximum Gasteiger partial charge on any atom is 0.258 e. The Morgan fingerprint density at radius 1 is 1.47 bits per heavy atom. The number of halogens is 2. The zero-order chi connectivity index (χ0) is 12.4. The zero-order valence-corrected chi connectivity index (χ0v) is 9.63. The average molecular weight is 257 g/mol. The molecule has 1 saturated heterocycles. The summed E-state index contributed by atoms with van der Waals surface area (Å²) in [6.45, 7) is 0.662. The maximum atomic E-state index is 13.5. The summed E-state index contributed by atoms with van der Waals surface area (Å²) in [7, 11) is 0. The van der Waals surface area contributed by atoms with E-state index in [2.05, 4.69) is 5.32 Å². The van der Waals surface area contributed by atoms with Crippen LogP contribution in [0.25, 0.3) is 0 Å². The van der Waals surface area contributed by atoms with Crippen molar-refractivity contribution in [2.24, 2.45) is 0 Å². The van der Waals surface area contributed by atoms with Crippen molar-refractivity contribution in [3.8, 4) is 0 Å². The van der Waals surface area contributed by atoms with Gasteiger partial charge in [0.2, 0.25) is 5.91 Å². The smallest absolute Gasteiger partial charge is 0.258 e. The molecule has 1 aromatic carbocycles. The number of benzene rings is 1. The van der Waals surface area contributed by atoms with Crippen molar-refractivity contribution in [1.82, 2.24) is 10.2 Å². The first-order valence-electron chi connectivity index (χ1n) is 5.09. The molecule has 0 atom stereocenters. The number of hydrogen-bond donors (Lipinski definition) is 1. The molecule has 1 fully saturated rings. The highest BCUT2D eigenvalue weighted by Crippen LogP contribution is 2.20. The number of rotatable bonds is 1. The van der Waals surface area contributed by atoms with Gasteiger partial charge in [0.15, 0.2) is 0 Å². The summed E-state index contributed by atoms with van der Waals surface area (Å²) in [5, 5.41) is 2.64. The fraction of sp³-hybridized carbons (Fsp3) is 0.273. The highest BCUT2D eigenvalue weighted by atomic mass is 35.5. The second kappa shape index (κ2) is 4.71. The lowest BCUT2D eigenvalue weighted by molar-refractivity contribution is -0.123. The Hall–Kier alpha value is -1.62. The van der Waals surface area contributed by atoms with Crippen LogP contribution in [-0.2, 0) is 4.79 Å². The molecule has 0 radical (unpaired) electrons. The molecule has 1 aromatic rings. The predicted octanol–water partition coefficient (Wildman–Crippen LogP) is 1.05. The summed E-state index contributed by atoms with van der Waals surface area (Å²) >= 11 is 5.79. The molecule has 1 aliphatic rings. The third kappa shape index (κ3) is 2.39. The van der Waals surface area contributed by atoms with Crippen molar-refractivity contribution in [2.45, 2.75) is 0 Å². The molecule has 2 rings (SSSR count). The highest BCUT2D eigenvalue weighted by Gasteiger charge is 2.25. The first-order valence-corrected chi connectivity index (χ1v) is 5.47. The number of amides is 2. The van der Waals surface area contributed by atoms with Gasteiger partial charge in [-0.2, -0.15) is 0 Å². The van der Waals surface area contributed by atoms with E-state index in [0.29, 0.717) is 13.1 Å². The second-order valence-corrected chi connectivity index (χ2v) is 4.08. The molecule has 90 valence electrons. The van der Waals surface area contributed by atoms with Gasteiger partial charge in [-0.1, -0.05) is 17.7 Å². The Balaban J connectivity index is 2.27. The fourth-order valence-electron chi connectivity index (χ4n) is 1.67. The van der Waals surface area contributed by atoms with Crippen molar-refractivity contribution in [3.05, 3.63) is 34.6 Å². The SMILES string of the molecule is O=C1CN(C(=O)c2c(F)cccc2Cl)CCN1. The molecule has 0 bridgehead atoms. The van der Waals surface area contributed by atoms with Crippen LogP contribution in [0.1, 0.15) is 10.4 Å². The highest BCUT2D eigenvalue weighted by molar-refractivity contribution is 6.33. The first kappa shape index (κ1) is 11.9. The summed E-state index contributed by atoms with van der Waals surface area (Å²) in [5.74, 6) is -1.48. The van der Waals surface area contributed by atoms with Crippen LogP contribution in [-0.4, -0.2) is 36.3 Å². The molecule has 0 spiro atoms. The van der Waals surface area contributed by atoms with Gasteiger partial charge in [0.1, 0.15) is 5.82 Å². The maximum absolute atomic E-state index is 13.5. The molecule has 0 unspecified atom stereocenters. The molecule has 0 aliphatic carbocycles. The summed E-state index contributed by atoms with van der Waals surface area (Å²) in [5.41, 5.74) is -0.177. The Bertz CT molecular complexity index is 458. The Kier molecular flexibility index (Phi) is 3.28. The third-order valence-corrected chi connectivity index (χ3v) is 2.82. The topological polar surface area (TPSA) is 49.4 Å². The quantitative estimate of drug-likeness (QED) is 0.817. The summed E-state index contributed by atoms with van der Waals surface area (Å²) < 4.78 is 13.5. The van der Waals surface area contributed by atoms with E-state index >= 15 is 0 Å². The van der Waals surface area contributed by atoms with Gasteiger partial charge >= 0.3 is 0 Å². The Morgan fingerprint density at radius 2 is 2.24 bits per heavy atom. The van der Waals surface area contributed by atoms with Crippen molar-refractivity contribution in [1.29, 1.82) is 0 Å². The van der Waals surface area contributed by atoms with Gasteiger partial charge in [0, 0.05) is 13.1 Å². The van der Waals surface area contributed by atoms with Gasteiger partial charge in [-0.15, -0.1) is 0 Å². The molecule has 1 heterocycles. The molecular weight excluding hydrogens is 247 g/mol. The molecular formula is C11H10ClFN2O2. The number of carbonyl (C=O) groups is 2. The van der Waals surface area contributed by atoms with Crippen molar-refractivity contribution < 1.29 is 14.0 Å². The predicted molar refractivity (Wildman–Crippen MR) is 60.3 cm³/mol. The monoisotopic (exact) mass is 256 g/mol. The van der Waals surface area contributed by atoms with E-state index < -0.39 is 11.7 Å². The summed E-state index contributed by atoms with van der Waals surface area (Å²) in [6, 6.07) is 4.04. The van der Waals surface area contributed by atoms with Crippen LogP contribution in [0.2, 0.25) is 5.02 Å². The van der Waals surface area contributed by atoms with E-state index in [1.165, 1.54) is 23.1 Å². The van der Waals surface area contributed by atoms with Crippen LogP contribution < -0.4 is 5.32 Å². The minimum atomic E-state index is -0.673. The number of carbonyl (C=O) groups excluding carboxylic acids is 2. The number of hydrogen-bond acceptors (Lipinski definition) is 2. The van der Waals surface area contributed by atoms with E-state index in [-0.39, 0.29) is 23.0 Å². The number of piperazine rings is 1. The van der Waals surface area contributed by atoms with E-state index in [1.807, 2.05) is 0 Å². The van der Waals surface area contributed by atoms with Gasteiger partial charge in [0.25, 0.3) is 5.91 Å². The zero-order valence-electron chi connectivity index (χ0n) is 8.87. The lowest BCUT2D eigenvalue weighted by Crippen LogP contribution is -2.50. The van der Waals surface area contributed by atoms with E-state index in [0.717, 1.165) is 0 Å². The van der Waals surface area contributed by atoms with Gasteiger partial charge in [-0.3, -0.25) is 9.59 Å². The van der Waals surface area contributed by atoms with Crippen molar-refractivity contribution >= 4 is 23.4 Å². The molecule has 17 heavy (non-hydrogen) atoms. The van der Waals surface area contributed by atoms with Crippen molar-refractivity contribution in [2.75, 3.05) is 19.6 Å². The van der Waals surface area contributed by atoms with Crippen LogP contribution in [0.5, 0.6) is 0 Å². The summed E-state index contributed by atoms with van der Waals surface area (Å²) in [6.07, 6.45) is 0. The van der Waals surface area contributed by atoms with E-state index in [9.17, 15) is 14.0 Å². The second-order valence-electron chi connectivity index (χ2n) is 3.67. The lowest BCUT2D eigenvalue weighted by atomic mass is 10.1. The Labute approximate surface area is 102 Å². The minimum absolute atomic E-state index is 0.0565. The normalized spacial score (nSPS) is 15.6. The van der Waals surface area contributed by atoms with Gasteiger partial charge in [-0.05, 0) is 12.1 Å². The van der Waals surface area contributed by atoms with E-state index in [4.69, 9.17) is 11.6 Å². The average Bonchev–Trinajstić information content (AvgIpc) is 2.28. The van der Waals surface area contributed by atoms with Crippen LogP contribution in [0.4, 0.5) is 4.39 Å². The number of nitrogens with zero attached hydrogens (tertiary/aromatic N) is 1. The molecule has 1 N–H and O–H groups in total. The molecule has 1 aliphatic heterocycles. The summed E-state index contributed by atoms with van der Waals surface area (Å²) in [4.78, 5) is 24.4. The van der Waals surface area contributed by atoms with Gasteiger partial charge < -0.3 is 10.2 Å².